The fraction of sp³-hybridized carbons (Fsp3) is 0.500. The van der Waals surface area contributed by atoms with Crippen LogP contribution in [0.25, 0.3) is 0 Å². The number of hydrogen-bond donors (Lipinski definition) is 1. The standard InChI is InChI=1S/C12H15FO2/c1-15-9-3-4-10(11(13)7-9)12(8-14)5-2-6-12/h3-4,7,14H,2,5-6,8H2,1H3. The van der Waals surface area contributed by atoms with Gasteiger partial charge >= 0.3 is 0 Å². The van der Waals surface area contributed by atoms with E-state index in [1.54, 1.807) is 12.1 Å². The minimum Gasteiger partial charge on any atom is -0.497 e. The van der Waals surface area contributed by atoms with Gasteiger partial charge in [-0.05, 0) is 24.5 Å². The lowest BCUT2D eigenvalue weighted by atomic mass is 9.65. The van der Waals surface area contributed by atoms with Crippen LogP contribution >= 0.6 is 0 Å². The predicted octanol–water partition coefficient (Wildman–Crippen LogP) is 2.25. The van der Waals surface area contributed by atoms with Crippen LogP contribution < -0.4 is 4.74 Å². The van der Waals surface area contributed by atoms with Crippen molar-refractivity contribution < 1.29 is 14.2 Å². The number of rotatable bonds is 3. The predicted molar refractivity (Wildman–Crippen MR) is 55.6 cm³/mol. The lowest BCUT2D eigenvalue weighted by Gasteiger charge is -2.41. The molecular weight excluding hydrogens is 195 g/mol. The maximum Gasteiger partial charge on any atom is 0.130 e. The molecule has 1 saturated carbocycles. The first-order valence-corrected chi connectivity index (χ1v) is 5.17. The topological polar surface area (TPSA) is 29.5 Å². The zero-order valence-electron chi connectivity index (χ0n) is 8.79. The summed E-state index contributed by atoms with van der Waals surface area (Å²) in [5, 5.41) is 9.34. The zero-order chi connectivity index (χ0) is 10.9. The molecule has 1 aliphatic rings. The Labute approximate surface area is 88.7 Å². The first-order chi connectivity index (χ1) is 7.22. The Kier molecular flexibility index (Phi) is 2.65. The van der Waals surface area contributed by atoms with Crippen LogP contribution in [0.4, 0.5) is 4.39 Å². The smallest absolute Gasteiger partial charge is 0.130 e. The van der Waals surface area contributed by atoms with Crippen molar-refractivity contribution in [2.45, 2.75) is 24.7 Å². The number of aliphatic hydroxyl groups excluding tert-OH is 1. The monoisotopic (exact) mass is 210 g/mol. The minimum absolute atomic E-state index is 0.0241. The van der Waals surface area contributed by atoms with E-state index >= 15 is 0 Å². The maximum atomic E-state index is 13.7. The van der Waals surface area contributed by atoms with E-state index in [2.05, 4.69) is 0 Å². The van der Waals surface area contributed by atoms with E-state index in [-0.39, 0.29) is 17.8 Å². The Hall–Kier alpha value is -1.09. The molecule has 3 heteroatoms. The van der Waals surface area contributed by atoms with Crippen molar-refractivity contribution in [3.63, 3.8) is 0 Å². The van der Waals surface area contributed by atoms with Gasteiger partial charge in [0.2, 0.25) is 0 Å². The van der Waals surface area contributed by atoms with Crippen LogP contribution in [0.2, 0.25) is 0 Å². The Balaban J connectivity index is 2.36. The SMILES string of the molecule is COc1ccc(C2(CO)CCC2)c(F)c1. The fourth-order valence-corrected chi connectivity index (χ4v) is 2.17. The molecule has 0 saturated heterocycles. The lowest BCUT2D eigenvalue weighted by molar-refractivity contribution is 0.116. The van der Waals surface area contributed by atoms with Crippen LogP contribution in [0.5, 0.6) is 5.75 Å². The summed E-state index contributed by atoms with van der Waals surface area (Å²) in [6.07, 6.45) is 2.80. The molecule has 82 valence electrons. The van der Waals surface area contributed by atoms with Crippen molar-refractivity contribution in [2.24, 2.45) is 0 Å². The van der Waals surface area contributed by atoms with Gasteiger partial charge in [-0.1, -0.05) is 12.5 Å². The summed E-state index contributed by atoms with van der Waals surface area (Å²) in [7, 11) is 1.51. The number of hydrogen-bond acceptors (Lipinski definition) is 2. The van der Waals surface area contributed by atoms with Crippen LogP contribution in [0.15, 0.2) is 18.2 Å². The van der Waals surface area contributed by atoms with Gasteiger partial charge in [0, 0.05) is 11.5 Å². The molecule has 1 N–H and O–H groups in total. The van der Waals surface area contributed by atoms with Gasteiger partial charge in [0.1, 0.15) is 11.6 Å². The summed E-state index contributed by atoms with van der Waals surface area (Å²) in [6, 6.07) is 4.85. The highest BCUT2D eigenvalue weighted by Gasteiger charge is 2.39. The molecule has 0 spiro atoms. The largest absolute Gasteiger partial charge is 0.497 e. The molecule has 0 aromatic heterocycles. The molecule has 1 fully saturated rings. The molecule has 0 amide bonds. The summed E-state index contributed by atoms with van der Waals surface area (Å²) in [5.41, 5.74) is 0.285. The maximum absolute atomic E-state index is 13.7. The van der Waals surface area contributed by atoms with E-state index < -0.39 is 0 Å². The molecule has 2 nitrogen and oxygen atoms in total. The van der Waals surface area contributed by atoms with Gasteiger partial charge in [0.25, 0.3) is 0 Å². The second kappa shape index (κ2) is 3.81. The Morgan fingerprint density at radius 3 is 2.60 bits per heavy atom. The fourth-order valence-electron chi connectivity index (χ4n) is 2.17. The second-order valence-corrected chi connectivity index (χ2v) is 4.14. The highest BCUT2D eigenvalue weighted by molar-refractivity contribution is 5.35. The first kappa shape index (κ1) is 10.4. The summed E-state index contributed by atoms with van der Waals surface area (Å²) in [4.78, 5) is 0. The summed E-state index contributed by atoms with van der Waals surface area (Å²) >= 11 is 0. The van der Waals surface area contributed by atoms with Crippen molar-refractivity contribution >= 4 is 0 Å². The third kappa shape index (κ3) is 1.61. The summed E-state index contributed by atoms with van der Waals surface area (Å²) in [5.74, 6) is 0.242. The normalized spacial score (nSPS) is 18.3. The summed E-state index contributed by atoms with van der Waals surface area (Å²) in [6.45, 7) is 0.0241. The quantitative estimate of drug-likeness (QED) is 0.829. The van der Waals surface area contributed by atoms with Gasteiger partial charge in [0.15, 0.2) is 0 Å². The van der Waals surface area contributed by atoms with Gasteiger partial charge in [0.05, 0.1) is 13.7 Å². The van der Waals surface area contributed by atoms with Gasteiger partial charge in [-0.25, -0.2) is 4.39 Å². The molecule has 0 bridgehead atoms. The van der Waals surface area contributed by atoms with Crippen molar-refractivity contribution in [1.29, 1.82) is 0 Å². The van der Waals surface area contributed by atoms with Crippen LogP contribution in [0, 0.1) is 5.82 Å². The number of ether oxygens (including phenoxy) is 1. The molecule has 0 aliphatic heterocycles. The van der Waals surface area contributed by atoms with E-state index in [1.807, 2.05) is 0 Å². The van der Waals surface area contributed by atoms with Crippen LogP contribution in [0.3, 0.4) is 0 Å². The molecule has 0 heterocycles. The van der Waals surface area contributed by atoms with Crippen LogP contribution in [-0.2, 0) is 5.41 Å². The van der Waals surface area contributed by atoms with Crippen LogP contribution in [0.1, 0.15) is 24.8 Å². The minimum atomic E-state index is -0.337. The lowest BCUT2D eigenvalue weighted by Crippen LogP contribution is -2.38. The Bertz CT molecular complexity index is 353. The average Bonchev–Trinajstić information content (AvgIpc) is 2.19. The van der Waals surface area contributed by atoms with Crippen molar-refractivity contribution in [3.05, 3.63) is 29.6 Å². The highest BCUT2D eigenvalue weighted by Crippen LogP contribution is 2.44. The zero-order valence-corrected chi connectivity index (χ0v) is 8.79. The molecule has 0 atom stereocenters. The van der Waals surface area contributed by atoms with E-state index in [1.165, 1.54) is 13.2 Å². The van der Waals surface area contributed by atoms with Crippen molar-refractivity contribution in [3.8, 4) is 5.75 Å². The molecule has 1 aromatic rings. The Morgan fingerprint density at radius 2 is 2.20 bits per heavy atom. The first-order valence-electron chi connectivity index (χ1n) is 5.17. The molecule has 0 unspecified atom stereocenters. The third-order valence-electron chi connectivity index (χ3n) is 3.36. The molecule has 0 radical (unpaired) electrons. The third-order valence-corrected chi connectivity index (χ3v) is 3.36. The van der Waals surface area contributed by atoms with Crippen molar-refractivity contribution in [2.75, 3.05) is 13.7 Å². The number of aliphatic hydroxyl groups is 1. The molecule has 15 heavy (non-hydrogen) atoms. The average molecular weight is 210 g/mol. The van der Waals surface area contributed by atoms with Gasteiger partial charge in [-0.15, -0.1) is 0 Å². The molecule has 1 aliphatic carbocycles. The van der Waals surface area contributed by atoms with E-state index in [9.17, 15) is 9.50 Å². The van der Waals surface area contributed by atoms with Gasteiger partial charge in [-0.3, -0.25) is 0 Å². The molecule has 2 rings (SSSR count). The van der Waals surface area contributed by atoms with E-state index in [0.717, 1.165) is 19.3 Å². The number of halogens is 1. The van der Waals surface area contributed by atoms with E-state index in [4.69, 9.17) is 4.74 Å². The molecule has 1 aromatic carbocycles. The van der Waals surface area contributed by atoms with E-state index in [0.29, 0.717) is 11.3 Å². The summed E-state index contributed by atoms with van der Waals surface area (Å²) < 4.78 is 18.7. The second-order valence-electron chi connectivity index (χ2n) is 4.14. The van der Waals surface area contributed by atoms with Gasteiger partial charge < -0.3 is 9.84 Å². The number of benzene rings is 1. The highest BCUT2D eigenvalue weighted by atomic mass is 19.1. The van der Waals surface area contributed by atoms with Crippen molar-refractivity contribution in [1.82, 2.24) is 0 Å². The van der Waals surface area contributed by atoms with Crippen LogP contribution in [-0.4, -0.2) is 18.8 Å². The molecular formula is C12H15FO2. The van der Waals surface area contributed by atoms with Gasteiger partial charge in [-0.2, -0.15) is 0 Å². The number of methoxy groups -OCH3 is 1. The Morgan fingerprint density at radius 1 is 1.47 bits per heavy atom.